The van der Waals surface area contributed by atoms with E-state index in [4.69, 9.17) is 5.73 Å². The van der Waals surface area contributed by atoms with Crippen LogP contribution < -0.4 is 36.4 Å². The van der Waals surface area contributed by atoms with Crippen LogP contribution in [0, 0.1) is 11.7 Å². The molecule has 308 valence electrons. The van der Waals surface area contributed by atoms with E-state index in [-0.39, 0.29) is 41.2 Å². The van der Waals surface area contributed by atoms with E-state index in [0.29, 0.717) is 75.4 Å². The molecule has 0 saturated carbocycles. The van der Waals surface area contributed by atoms with Crippen LogP contribution in [0.1, 0.15) is 49.0 Å². The second-order valence-electron chi connectivity index (χ2n) is 16.0. The molecule has 6 heterocycles. The van der Waals surface area contributed by atoms with Crippen LogP contribution in [0.5, 0.6) is 0 Å². The van der Waals surface area contributed by atoms with Gasteiger partial charge < -0.3 is 40.9 Å². The Bertz CT molecular complexity index is 2000. The van der Waals surface area contributed by atoms with Crippen LogP contribution in [0.25, 0.3) is 0 Å². The Balaban J connectivity index is 0.812. The molecule has 5 N–H and O–H groups in total. The summed E-state index contributed by atoms with van der Waals surface area (Å²) in [5, 5.41) is 17.0. The van der Waals surface area contributed by atoms with E-state index >= 15 is 4.39 Å². The number of nitrogens with two attached hydrogens (primary N) is 1. The monoisotopic (exact) mass is 797 g/mol. The molecular weight excluding hydrogens is 746 g/mol. The van der Waals surface area contributed by atoms with E-state index in [1.54, 1.807) is 24.1 Å². The van der Waals surface area contributed by atoms with Crippen LogP contribution in [0.3, 0.4) is 0 Å². The van der Waals surface area contributed by atoms with Crippen molar-refractivity contribution < 1.29 is 23.6 Å². The fraction of sp³-hybridized carbons (Fsp3) is 0.525. The van der Waals surface area contributed by atoms with Crippen molar-refractivity contribution in [2.75, 3.05) is 104 Å². The van der Waals surface area contributed by atoms with E-state index in [0.717, 1.165) is 69.8 Å². The van der Waals surface area contributed by atoms with E-state index in [9.17, 15) is 19.2 Å². The van der Waals surface area contributed by atoms with Crippen molar-refractivity contribution in [1.29, 1.82) is 0 Å². The molecule has 5 saturated heterocycles. The lowest BCUT2D eigenvalue weighted by atomic mass is 9.95. The number of hydrogen-bond acceptors (Lipinski definition) is 13. The van der Waals surface area contributed by atoms with Gasteiger partial charge in [0.25, 0.3) is 5.91 Å². The van der Waals surface area contributed by atoms with Gasteiger partial charge in [-0.15, -0.1) is 10.2 Å². The minimum atomic E-state index is -0.801. The third kappa shape index (κ3) is 8.71. The lowest BCUT2D eigenvalue weighted by Gasteiger charge is -2.40. The number of urea groups is 1. The second kappa shape index (κ2) is 17.0. The number of anilines is 6. The molecule has 1 aromatic heterocycles. The van der Waals surface area contributed by atoms with Gasteiger partial charge in [0.05, 0.1) is 11.7 Å². The first-order valence-electron chi connectivity index (χ1n) is 20.4. The first-order chi connectivity index (χ1) is 28.1. The molecule has 2 aromatic carbocycles. The summed E-state index contributed by atoms with van der Waals surface area (Å²) < 4.78 is 15.7. The van der Waals surface area contributed by atoms with Crippen molar-refractivity contribution in [3.8, 4) is 0 Å². The normalized spacial score (nSPS) is 22.4. The molecule has 0 spiro atoms. The Hall–Kier alpha value is -5.78. The zero-order valence-electron chi connectivity index (χ0n) is 32.9. The smallest absolute Gasteiger partial charge is 0.320 e. The maximum atomic E-state index is 15.7. The number of primary amides is 1. The number of likely N-dealkylation sites (N-methyl/N-ethyl adjacent to an activating group) is 1. The molecule has 17 nitrogen and oxygen atoms in total. The summed E-state index contributed by atoms with van der Waals surface area (Å²) >= 11 is 0. The Kier molecular flexibility index (Phi) is 11.4. The van der Waals surface area contributed by atoms with Gasteiger partial charge in [-0.1, -0.05) is 0 Å². The van der Waals surface area contributed by atoms with Crippen LogP contribution in [0.2, 0.25) is 0 Å². The third-order valence-corrected chi connectivity index (χ3v) is 12.1. The van der Waals surface area contributed by atoms with Crippen molar-refractivity contribution in [3.63, 3.8) is 0 Å². The number of benzene rings is 2. The van der Waals surface area contributed by atoms with E-state index in [1.807, 2.05) is 21.9 Å². The van der Waals surface area contributed by atoms with Gasteiger partial charge in [0, 0.05) is 103 Å². The van der Waals surface area contributed by atoms with Crippen LogP contribution in [-0.2, 0) is 9.59 Å². The van der Waals surface area contributed by atoms with Crippen LogP contribution in [0.15, 0.2) is 42.5 Å². The molecule has 0 bridgehead atoms. The van der Waals surface area contributed by atoms with Gasteiger partial charge in [-0.2, -0.15) is 4.98 Å². The number of carbonyl (C=O) groups is 4. The number of nitrogens with one attached hydrogen (secondary N) is 3. The average Bonchev–Trinajstić information content (AvgIpc) is 3.57. The first-order valence-corrected chi connectivity index (χ1v) is 20.4. The first kappa shape index (κ1) is 39.1. The number of piperidine rings is 3. The number of aromatic nitrogens is 3. The van der Waals surface area contributed by atoms with Crippen molar-refractivity contribution in [3.05, 3.63) is 54.0 Å². The summed E-state index contributed by atoms with van der Waals surface area (Å²) in [5.41, 5.74) is 8.43. The summed E-state index contributed by atoms with van der Waals surface area (Å²) in [6.45, 7) is 8.66. The second-order valence-corrected chi connectivity index (χ2v) is 16.0. The zero-order valence-corrected chi connectivity index (χ0v) is 32.9. The third-order valence-electron chi connectivity index (χ3n) is 12.1. The summed E-state index contributed by atoms with van der Waals surface area (Å²) in [5.74, 6) is -0.679. The molecule has 0 radical (unpaired) electrons. The van der Waals surface area contributed by atoms with Crippen molar-refractivity contribution in [1.82, 2.24) is 35.2 Å². The lowest BCUT2D eigenvalue weighted by molar-refractivity contribution is -0.133. The molecule has 5 aliphatic heterocycles. The molecule has 0 aliphatic carbocycles. The number of imide groups is 1. The van der Waals surface area contributed by atoms with Gasteiger partial charge in [0.15, 0.2) is 11.5 Å². The highest BCUT2D eigenvalue weighted by atomic mass is 19.1. The number of carbonyl (C=O) groups excluding carboxylic acids is 4. The van der Waals surface area contributed by atoms with Crippen molar-refractivity contribution >= 4 is 58.3 Å². The number of nitrogens with zero attached hydrogens (tertiary/aromatic N) is 9. The largest absolute Gasteiger partial charge is 0.374 e. The van der Waals surface area contributed by atoms with Gasteiger partial charge >= 0.3 is 6.03 Å². The Morgan fingerprint density at radius 1 is 0.862 bits per heavy atom. The minimum absolute atomic E-state index is 0.0136. The van der Waals surface area contributed by atoms with Gasteiger partial charge in [-0.3, -0.25) is 24.6 Å². The quantitative estimate of drug-likeness (QED) is 0.208. The highest BCUT2D eigenvalue weighted by Gasteiger charge is 2.35. The summed E-state index contributed by atoms with van der Waals surface area (Å²) in [6.07, 6.45) is 4.74. The van der Waals surface area contributed by atoms with Crippen LogP contribution in [0.4, 0.5) is 43.7 Å². The van der Waals surface area contributed by atoms with Crippen LogP contribution >= 0.6 is 0 Å². The lowest BCUT2D eigenvalue weighted by Crippen LogP contribution is -2.49. The topological polar surface area (TPSA) is 188 Å². The highest BCUT2D eigenvalue weighted by Crippen LogP contribution is 2.30. The number of amides is 5. The number of hydrogen-bond donors (Lipinski definition) is 4. The Morgan fingerprint density at radius 2 is 1.62 bits per heavy atom. The number of rotatable bonds is 11. The molecule has 1 unspecified atom stereocenters. The average molecular weight is 798 g/mol. The molecule has 3 aromatic rings. The molecular formula is C40H52FN13O4. The predicted molar refractivity (Wildman–Crippen MR) is 218 cm³/mol. The molecule has 2 atom stereocenters. The summed E-state index contributed by atoms with van der Waals surface area (Å²) in [4.78, 5) is 65.6. The summed E-state index contributed by atoms with van der Waals surface area (Å²) in [7, 11) is 1.80. The maximum Gasteiger partial charge on any atom is 0.320 e. The maximum absolute atomic E-state index is 15.7. The SMILES string of the molecule is CN1CCN([C@@H]2CCCN(c3nnc(C(N)=O)c(Nc4ccc(N5CCN(CC6CCN(c7ccc(NC8CCC(=O)NC8=O)cc7)CC6)CC5)c(F)c4)n3)C2)C1=O. The Labute approximate surface area is 337 Å². The van der Waals surface area contributed by atoms with Crippen molar-refractivity contribution in [2.45, 2.75) is 50.6 Å². The molecule has 5 aliphatic rings. The standard InChI is InChI=1S/C40H52FN13O4/c1-49-17-22-54(40(49)58)30-3-2-14-53(25-30)39-46-37(35(36(42)56)47-48-39)44-28-6-10-33(31(41)23-28)52-20-18-50(19-21-52)24-26-12-15-51(16-13-26)29-7-4-27(5-8-29)43-32-9-11-34(55)45-38(32)57/h4-8,10,23,26,30,32,43H,2-3,9,11-22,24-25H2,1H3,(H2,42,56)(H,44,46,48)(H,45,55,57)/t30-,32?/m1/s1. The molecule has 58 heavy (non-hydrogen) atoms. The Morgan fingerprint density at radius 3 is 2.31 bits per heavy atom. The van der Waals surface area contributed by atoms with Gasteiger partial charge in [0.1, 0.15) is 11.9 Å². The molecule has 18 heteroatoms. The molecule has 5 fully saturated rings. The number of piperazine rings is 1. The highest BCUT2D eigenvalue weighted by molar-refractivity contribution is 6.01. The van der Waals surface area contributed by atoms with Gasteiger partial charge in [-0.05, 0) is 80.5 Å². The van der Waals surface area contributed by atoms with Crippen molar-refractivity contribution in [2.24, 2.45) is 11.7 Å². The van der Waals surface area contributed by atoms with E-state index < -0.39 is 11.9 Å². The summed E-state index contributed by atoms with van der Waals surface area (Å²) in [6, 6.07) is 12.7. The zero-order chi connectivity index (χ0) is 40.3. The van der Waals surface area contributed by atoms with Crippen LogP contribution in [-0.4, -0.2) is 145 Å². The van der Waals surface area contributed by atoms with Gasteiger partial charge in [-0.25, -0.2) is 9.18 Å². The minimum Gasteiger partial charge on any atom is -0.374 e. The van der Waals surface area contributed by atoms with E-state index in [2.05, 4.69) is 58.0 Å². The number of halogens is 1. The van der Waals surface area contributed by atoms with E-state index in [1.165, 1.54) is 6.07 Å². The molecule has 8 rings (SSSR count). The fourth-order valence-corrected chi connectivity index (χ4v) is 8.79. The fourth-order valence-electron chi connectivity index (χ4n) is 8.79. The van der Waals surface area contributed by atoms with Gasteiger partial charge in [0.2, 0.25) is 17.8 Å². The predicted octanol–water partition coefficient (Wildman–Crippen LogP) is 2.45. The molecule has 5 amide bonds.